The van der Waals surface area contributed by atoms with Gasteiger partial charge in [0.25, 0.3) is 17.7 Å². The van der Waals surface area contributed by atoms with Crippen LogP contribution in [0, 0.1) is 62.9 Å². The van der Waals surface area contributed by atoms with Crippen molar-refractivity contribution in [2.75, 3.05) is 75.0 Å². The average Bonchev–Trinajstić information content (AvgIpc) is 1.63. The maximum Gasteiger partial charge on any atom is 0.410 e. The number of carbonyl (C=O) groups is 5. The fourth-order valence-corrected chi connectivity index (χ4v) is 16.6. The minimum atomic E-state index is -4.10. The first-order valence-electron chi connectivity index (χ1n) is 31.1. The fraction of sp³-hybridized carbons (Fsp3) is 0.413. The Hall–Kier alpha value is -9.33. The summed E-state index contributed by atoms with van der Waals surface area (Å²) in [6, 6.07) is 11.0. The van der Waals surface area contributed by atoms with Crippen molar-refractivity contribution in [2.45, 2.75) is 86.9 Å². The normalized spacial score (nSPS) is 21.5. The van der Waals surface area contributed by atoms with Crippen LogP contribution in [0.5, 0.6) is 17.2 Å². The molecule has 3 fully saturated rings. The predicted octanol–water partition coefficient (Wildman–Crippen LogP) is 4.84. The van der Waals surface area contributed by atoms with Gasteiger partial charge in [-0.1, -0.05) is 0 Å². The van der Waals surface area contributed by atoms with E-state index in [1.54, 1.807) is 62.6 Å². The summed E-state index contributed by atoms with van der Waals surface area (Å²) >= 11 is 0. The van der Waals surface area contributed by atoms with Crippen molar-refractivity contribution in [3.05, 3.63) is 136 Å². The molecule has 6 atom stereocenters. The highest BCUT2D eigenvalue weighted by atomic mass is 32.2. The van der Waals surface area contributed by atoms with Crippen LogP contribution in [0.25, 0.3) is 0 Å². The molecule has 0 saturated carbocycles. The molecule has 30 nitrogen and oxygen atoms in total. The van der Waals surface area contributed by atoms with E-state index in [1.807, 2.05) is 0 Å². The van der Waals surface area contributed by atoms with Crippen molar-refractivity contribution < 1.29 is 85.8 Å². The van der Waals surface area contributed by atoms with Crippen LogP contribution < -0.4 is 49.6 Å². The Morgan fingerprint density at radius 2 is 0.899 bits per heavy atom. The summed E-state index contributed by atoms with van der Waals surface area (Å²) in [4.78, 5) is 66.8. The third-order valence-corrected chi connectivity index (χ3v) is 21.6. The van der Waals surface area contributed by atoms with E-state index in [9.17, 15) is 62.4 Å². The molecule has 0 bridgehead atoms. The van der Waals surface area contributed by atoms with Crippen LogP contribution in [-0.2, 0) is 55.9 Å². The van der Waals surface area contributed by atoms with E-state index < -0.39 is 95.0 Å². The molecule has 7 N–H and O–H groups in total. The molecular weight excluding hydrogens is 1360 g/mol. The smallest absolute Gasteiger partial charge is 0.410 e. The molecule has 0 radical (unpaired) electrons. The van der Waals surface area contributed by atoms with Crippen LogP contribution in [0.1, 0.15) is 85.5 Å². The number of fused-ring (bicyclic) bond motifs is 6. The Morgan fingerprint density at radius 1 is 0.525 bits per heavy atom. The number of likely N-dealkylation sites (tertiary alicyclic amines) is 2. The van der Waals surface area contributed by atoms with E-state index in [2.05, 4.69) is 45.6 Å². The first-order chi connectivity index (χ1) is 46.5. The summed E-state index contributed by atoms with van der Waals surface area (Å²) in [5.41, 5.74) is 1.62. The van der Waals surface area contributed by atoms with Gasteiger partial charge in [0.1, 0.15) is 37.7 Å². The summed E-state index contributed by atoms with van der Waals surface area (Å²) in [5.74, 6) is -4.31. The topological polar surface area (TPSA) is 369 Å². The molecule has 6 aliphatic heterocycles. The number of aromatic nitrogens is 5. The van der Waals surface area contributed by atoms with Crippen LogP contribution >= 0.6 is 0 Å². The number of aryl methyl sites for hydroxylation is 7. The summed E-state index contributed by atoms with van der Waals surface area (Å²) in [6.07, 6.45) is 3.44. The first-order valence-corrected chi connectivity index (χ1v) is 35.5. The van der Waals surface area contributed by atoms with Crippen molar-refractivity contribution in [3.8, 4) is 17.2 Å². The third-order valence-electron chi connectivity index (χ3n) is 17.2. The van der Waals surface area contributed by atoms with Gasteiger partial charge in [-0.3, -0.25) is 19.2 Å². The monoisotopic (exact) mass is 1430 g/mol. The van der Waals surface area contributed by atoms with Crippen LogP contribution in [0.3, 0.4) is 0 Å². The van der Waals surface area contributed by atoms with E-state index in [0.29, 0.717) is 46.8 Å². The van der Waals surface area contributed by atoms with Gasteiger partial charge in [0.2, 0.25) is 36.0 Å². The van der Waals surface area contributed by atoms with Crippen molar-refractivity contribution in [1.29, 1.82) is 0 Å². The van der Waals surface area contributed by atoms with Gasteiger partial charge in [-0.05, 0) is 113 Å². The molecule has 0 unspecified atom stereocenters. The van der Waals surface area contributed by atoms with Crippen LogP contribution in [0.15, 0.2) is 92.3 Å². The molecule has 3 saturated heterocycles. The number of halogens is 3. The standard InChI is InChI=1S/C23H29FN4O6S.C22H23FN6O6S.C18H21FN4O4S/c1-13-8-15(6-7-16(13)24)25-21(29)19-20-18(11-27(19)5)35(31,32)26-17-10-28(9-14(17)12-33-20)22(30)34-23(2,3)4;1-11-6-14(4-5-15(11)23)24-20(30)18-19-17(9-28(18)3)36(32,33)27-16-8-29(7-13(16)10-34-19)22(31)21-26-25-12(2)35-21;1-10-5-12(3-4-13(10)19)21-18(24)16-17-15(8-23(16)2)28(25,26)22-14-7-20-6-11(14)9-27-17/h6-8,11,14,17,26H,9-10,12H2,1-5H3,(H,25,29);4-6,9,13,16,27H,7-8,10H2,1-3H3,(H,24,30);3-5,8,11,14,20,22H,6-7,9H2,1-2H3,(H,21,24)/t14-,17+;13-,16+;11-,14+/m111/s1. The first kappa shape index (κ1) is 71.0. The van der Waals surface area contributed by atoms with Crippen LogP contribution in [-0.4, -0.2) is 171 Å². The van der Waals surface area contributed by atoms with Crippen molar-refractivity contribution in [2.24, 2.45) is 38.9 Å². The largest absolute Gasteiger partial charge is 0.489 e. The number of hydrogen-bond donors (Lipinski definition) is 7. The average molecular weight is 1440 g/mol. The lowest BCUT2D eigenvalue weighted by Crippen LogP contribution is -2.44. The zero-order valence-electron chi connectivity index (χ0n) is 55.3. The van der Waals surface area contributed by atoms with Crippen molar-refractivity contribution in [1.82, 2.24) is 53.2 Å². The maximum absolute atomic E-state index is 13.6. The number of benzene rings is 3. The molecule has 0 spiro atoms. The Balaban J connectivity index is 0.000000151. The van der Waals surface area contributed by atoms with Gasteiger partial charge in [-0.15, -0.1) is 10.2 Å². The highest BCUT2D eigenvalue weighted by Crippen LogP contribution is 2.39. The summed E-state index contributed by atoms with van der Waals surface area (Å²) < 4.78 is 160. The van der Waals surface area contributed by atoms with E-state index in [0.717, 1.165) is 0 Å². The minimum absolute atomic E-state index is 0.00722. The third kappa shape index (κ3) is 15.2. The Morgan fingerprint density at radius 3 is 1.27 bits per heavy atom. The quantitative estimate of drug-likeness (QED) is 0.112. The highest BCUT2D eigenvalue weighted by Gasteiger charge is 2.46. The van der Waals surface area contributed by atoms with E-state index in [-0.39, 0.29) is 130 Å². The number of hydrogen-bond acceptors (Lipinski definition) is 19. The second-order valence-corrected chi connectivity index (χ2v) is 30.9. The van der Waals surface area contributed by atoms with Gasteiger partial charge in [0.15, 0.2) is 34.3 Å². The molecule has 530 valence electrons. The number of carbonyl (C=O) groups excluding carboxylic acids is 5. The van der Waals surface area contributed by atoms with E-state index in [4.69, 9.17) is 23.4 Å². The SMILES string of the molecule is Cc1cc(NC(=O)c2c3c(cn2C)S(=O)(=O)N[C@H]2CN(C(=O)OC(C)(C)C)C[C@@H]2CO3)ccc1F.Cc1cc(NC(=O)c2c3c(cn2C)S(=O)(=O)N[C@H]2CNC[C@@H]2CO3)ccc1F.Cc1nnc(C(=O)N2C[C@@H]3COc4c(cn(C)c4C(=O)Nc4ccc(F)c(C)c4)S(=O)(=O)N[C@H]3C2)o1. The molecule has 4 aromatic heterocycles. The number of rotatable bonds is 7. The zero-order chi connectivity index (χ0) is 71.5. The number of ether oxygens (including phenoxy) is 4. The van der Waals surface area contributed by atoms with Crippen molar-refractivity contribution in [3.63, 3.8) is 0 Å². The van der Waals surface area contributed by atoms with Crippen LogP contribution in [0.4, 0.5) is 35.0 Å². The number of sulfonamides is 3. The molecule has 99 heavy (non-hydrogen) atoms. The molecular formula is C63H73F3N14O16S3. The zero-order valence-corrected chi connectivity index (χ0v) is 57.7. The highest BCUT2D eigenvalue weighted by molar-refractivity contribution is 7.90. The molecule has 13 rings (SSSR count). The lowest BCUT2D eigenvalue weighted by atomic mass is 10.1. The molecule has 5 amide bonds. The number of nitrogens with zero attached hydrogens (tertiary/aromatic N) is 7. The number of anilines is 3. The van der Waals surface area contributed by atoms with Crippen molar-refractivity contribution >= 4 is 76.9 Å². The summed E-state index contributed by atoms with van der Waals surface area (Å²) in [7, 11) is -7.36. The van der Waals surface area contributed by atoms with E-state index >= 15 is 0 Å². The second kappa shape index (κ2) is 27.4. The number of amides is 5. The maximum atomic E-state index is 13.6. The van der Waals surface area contributed by atoms with E-state index in [1.165, 1.54) is 104 Å². The van der Waals surface area contributed by atoms with Gasteiger partial charge in [0.05, 0.1) is 19.8 Å². The molecule has 3 aromatic carbocycles. The predicted molar refractivity (Wildman–Crippen MR) is 348 cm³/mol. The molecule has 36 heteroatoms. The Bertz CT molecular complexity index is 4740. The minimum Gasteiger partial charge on any atom is -0.489 e. The van der Waals surface area contributed by atoms with Crippen LogP contribution in [0.2, 0.25) is 0 Å². The van der Waals surface area contributed by atoms with Gasteiger partial charge in [-0.25, -0.2) is 57.4 Å². The second-order valence-electron chi connectivity index (χ2n) is 25.9. The lowest BCUT2D eigenvalue weighted by molar-refractivity contribution is 0.0282. The molecule has 10 heterocycles. The number of nitrogens with one attached hydrogen (secondary N) is 7. The lowest BCUT2D eigenvalue weighted by Gasteiger charge is -2.24. The van der Waals surface area contributed by atoms with Gasteiger partial charge < -0.3 is 68.1 Å². The van der Waals surface area contributed by atoms with Gasteiger partial charge in [-0.2, -0.15) is 0 Å². The fourth-order valence-electron chi connectivity index (χ4n) is 12.2. The Labute approximate surface area is 567 Å². The molecule has 6 aliphatic rings. The van der Waals surface area contributed by atoms with Gasteiger partial charge in [0, 0.05) is 139 Å². The van der Waals surface area contributed by atoms with Gasteiger partial charge >= 0.3 is 17.9 Å². The summed E-state index contributed by atoms with van der Waals surface area (Å²) in [5, 5.41) is 18.5. The molecule has 0 aliphatic carbocycles. The Kier molecular flexibility index (Phi) is 19.7. The summed E-state index contributed by atoms with van der Waals surface area (Å²) in [6.45, 7) is 13.8. The molecule has 7 aromatic rings.